The van der Waals surface area contributed by atoms with Crippen molar-refractivity contribution in [2.75, 3.05) is 0 Å². The zero-order chi connectivity index (χ0) is 13.7. The molecule has 2 aromatic rings. The number of nitrogens with zero attached hydrogens (tertiary/aromatic N) is 3. The summed E-state index contributed by atoms with van der Waals surface area (Å²) in [7, 11) is 0. The molecule has 4 nitrogen and oxygen atoms in total. The monoisotopic (exact) mass is 271 g/mol. The SMILES string of the molecule is N#CCCC(=O)c1ccc(-c2ccnc(Cl)n2)cc1. The van der Waals surface area contributed by atoms with Crippen LogP contribution in [-0.2, 0) is 0 Å². The van der Waals surface area contributed by atoms with Gasteiger partial charge in [-0.1, -0.05) is 24.3 Å². The number of aromatic nitrogens is 2. The summed E-state index contributed by atoms with van der Waals surface area (Å²) in [4.78, 5) is 19.6. The fourth-order valence-corrected chi connectivity index (χ4v) is 1.78. The van der Waals surface area contributed by atoms with Gasteiger partial charge in [0, 0.05) is 30.2 Å². The van der Waals surface area contributed by atoms with Crippen molar-refractivity contribution in [3.05, 3.63) is 47.4 Å². The van der Waals surface area contributed by atoms with Crippen molar-refractivity contribution in [3.8, 4) is 17.3 Å². The summed E-state index contributed by atoms with van der Waals surface area (Å²) in [5.41, 5.74) is 2.16. The van der Waals surface area contributed by atoms with Crippen LogP contribution in [-0.4, -0.2) is 15.8 Å². The molecule has 0 unspecified atom stereocenters. The zero-order valence-electron chi connectivity index (χ0n) is 10.0. The van der Waals surface area contributed by atoms with E-state index in [2.05, 4.69) is 9.97 Å². The normalized spacial score (nSPS) is 9.89. The van der Waals surface area contributed by atoms with Crippen molar-refractivity contribution in [1.29, 1.82) is 5.26 Å². The first-order chi connectivity index (χ1) is 9.20. The molecule has 0 atom stereocenters. The molecule has 0 aliphatic carbocycles. The topological polar surface area (TPSA) is 66.6 Å². The van der Waals surface area contributed by atoms with Crippen molar-refractivity contribution in [3.63, 3.8) is 0 Å². The zero-order valence-corrected chi connectivity index (χ0v) is 10.8. The Morgan fingerprint density at radius 2 is 2.00 bits per heavy atom. The van der Waals surface area contributed by atoms with Crippen LogP contribution in [0.2, 0.25) is 5.28 Å². The van der Waals surface area contributed by atoms with Gasteiger partial charge in [-0.3, -0.25) is 4.79 Å². The molecule has 0 saturated heterocycles. The third-order valence-electron chi connectivity index (χ3n) is 2.59. The van der Waals surface area contributed by atoms with E-state index in [1.165, 1.54) is 0 Å². The summed E-state index contributed by atoms with van der Waals surface area (Å²) in [6.45, 7) is 0. The molecular weight excluding hydrogens is 262 g/mol. The molecule has 0 spiro atoms. The molecule has 0 fully saturated rings. The number of hydrogen-bond donors (Lipinski definition) is 0. The molecule has 0 bridgehead atoms. The molecule has 0 saturated carbocycles. The first kappa shape index (κ1) is 13.2. The molecule has 1 aromatic carbocycles. The maximum atomic E-state index is 11.7. The molecule has 0 aliphatic heterocycles. The van der Waals surface area contributed by atoms with E-state index < -0.39 is 0 Å². The van der Waals surface area contributed by atoms with Crippen LogP contribution in [0.1, 0.15) is 23.2 Å². The number of Topliss-reactive ketones (excluding diaryl/α,β-unsaturated/α-hetero) is 1. The van der Waals surface area contributed by atoms with Crippen LogP contribution in [0, 0.1) is 11.3 Å². The first-order valence-corrected chi connectivity index (χ1v) is 6.07. The van der Waals surface area contributed by atoms with Gasteiger partial charge in [-0.05, 0) is 17.7 Å². The van der Waals surface area contributed by atoms with Gasteiger partial charge >= 0.3 is 0 Å². The quantitative estimate of drug-likeness (QED) is 0.632. The highest BCUT2D eigenvalue weighted by atomic mass is 35.5. The van der Waals surface area contributed by atoms with E-state index in [0.717, 1.165) is 5.56 Å². The van der Waals surface area contributed by atoms with Crippen LogP contribution in [0.25, 0.3) is 11.3 Å². The lowest BCUT2D eigenvalue weighted by Gasteiger charge is -2.03. The second kappa shape index (κ2) is 6.07. The summed E-state index contributed by atoms with van der Waals surface area (Å²) in [5.74, 6) is -0.0335. The maximum Gasteiger partial charge on any atom is 0.222 e. The van der Waals surface area contributed by atoms with Gasteiger partial charge in [-0.15, -0.1) is 0 Å². The Bertz CT molecular complexity index is 632. The van der Waals surface area contributed by atoms with Crippen molar-refractivity contribution in [2.24, 2.45) is 0 Å². The average molecular weight is 272 g/mol. The summed E-state index contributed by atoms with van der Waals surface area (Å²) in [5, 5.41) is 8.64. The van der Waals surface area contributed by atoms with Crippen LogP contribution in [0.15, 0.2) is 36.5 Å². The third-order valence-corrected chi connectivity index (χ3v) is 2.77. The Balaban J connectivity index is 2.19. The molecule has 94 valence electrons. The highest BCUT2D eigenvalue weighted by Crippen LogP contribution is 2.19. The Morgan fingerprint density at radius 3 is 2.63 bits per heavy atom. The van der Waals surface area contributed by atoms with Crippen molar-refractivity contribution >= 4 is 17.4 Å². The summed E-state index contributed by atoms with van der Waals surface area (Å²) < 4.78 is 0. The first-order valence-electron chi connectivity index (χ1n) is 5.70. The van der Waals surface area contributed by atoms with E-state index in [1.54, 1.807) is 36.5 Å². The van der Waals surface area contributed by atoms with Gasteiger partial charge in [0.1, 0.15) is 0 Å². The number of benzene rings is 1. The molecule has 19 heavy (non-hydrogen) atoms. The average Bonchev–Trinajstić information content (AvgIpc) is 2.45. The molecule has 0 amide bonds. The predicted molar refractivity (Wildman–Crippen MR) is 71.7 cm³/mol. The van der Waals surface area contributed by atoms with Gasteiger partial charge in [0.15, 0.2) is 5.78 Å². The van der Waals surface area contributed by atoms with Gasteiger partial charge in [-0.2, -0.15) is 5.26 Å². The van der Waals surface area contributed by atoms with E-state index in [1.807, 2.05) is 6.07 Å². The maximum absolute atomic E-state index is 11.7. The van der Waals surface area contributed by atoms with Crippen LogP contribution in [0.5, 0.6) is 0 Å². The molecule has 1 heterocycles. The largest absolute Gasteiger partial charge is 0.294 e. The van der Waals surface area contributed by atoms with Crippen LogP contribution >= 0.6 is 11.6 Å². The van der Waals surface area contributed by atoms with Crippen molar-refractivity contribution in [1.82, 2.24) is 9.97 Å². The fourth-order valence-electron chi connectivity index (χ4n) is 1.64. The Hall–Kier alpha value is -2.25. The van der Waals surface area contributed by atoms with E-state index >= 15 is 0 Å². The van der Waals surface area contributed by atoms with E-state index in [-0.39, 0.29) is 23.9 Å². The minimum Gasteiger partial charge on any atom is -0.294 e. The highest BCUT2D eigenvalue weighted by molar-refractivity contribution is 6.28. The van der Waals surface area contributed by atoms with E-state index in [0.29, 0.717) is 11.3 Å². The number of hydrogen-bond acceptors (Lipinski definition) is 4. The molecule has 1 aromatic heterocycles. The minimum atomic E-state index is -0.0335. The van der Waals surface area contributed by atoms with Crippen molar-refractivity contribution < 1.29 is 4.79 Å². The number of halogens is 1. The van der Waals surface area contributed by atoms with Gasteiger partial charge in [0.2, 0.25) is 5.28 Å². The second-order valence-electron chi connectivity index (χ2n) is 3.87. The molecule has 2 rings (SSSR count). The van der Waals surface area contributed by atoms with E-state index in [9.17, 15) is 4.79 Å². The summed E-state index contributed by atoms with van der Waals surface area (Å²) in [6.07, 6.45) is 2.06. The van der Waals surface area contributed by atoms with Gasteiger partial charge in [0.05, 0.1) is 11.8 Å². The van der Waals surface area contributed by atoms with Crippen LogP contribution < -0.4 is 0 Å². The third kappa shape index (κ3) is 3.36. The minimum absolute atomic E-state index is 0.0335. The smallest absolute Gasteiger partial charge is 0.222 e. The van der Waals surface area contributed by atoms with Gasteiger partial charge < -0.3 is 0 Å². The van der Waals surface area contributed by atoms with Crippen molar-refractivity contribution in [2.45, 2.75) is 12.8 Å². The van der Waals surface area contributed by atoms with Crippen LogP contribution in [0.3, 0.4) is 0 Å². The van der Waals surface area contributed by atoms with Crippen LogP contribution in [0.4, 0.5) is 0 Å². The lowest BCUT2D eigenvalue weighted by molar-refractivity contribution is 0.0984. The standard InChI is InChI=1S/C14H10ClN3O/c15-14-17-9-7-12(18-14)10-3-5-11(6-4-10)13(19)2-1-8-16/h3-7,9H,1-2H2. The fraction of sp³-hybridized carbons (Fsp3) is 0.143. The Morgan fingerprint density at radius 1 is 1.26 bits per heavy atom. The second-order valence-corrected chi connectivity index (χ2v) is 4.21. The molecule has 0 radical (unpaired) electrons. The van der Waals surface area contributed by atoms with Gasteiger partial charge in [-0.25, -0.2) is 9.97 Å². The number of nitriles is 1. The molecule has 0 aliphatic rings. The number of rotatable bonds is 4. The lowest BCUT2D eigenvalue weighted by atomic mass is 10.0. The van der Waals surface area contributed by atoms with E-state index in [4.69, 9.17) is 16.9 Å². The summed E-state index contributed by atoms with van der Waals surface area (Å²) in [6, 6.07) is 10.8. The number of ketones is 1. The lowest BCUT2D eigenvalue weighted by Crippen LogP contribution is -1.98. The molecule has 5 heteroatoms. The number of carbonyl (C=O) groups is 1. The summed E-state index contributed by atoms with van der Waals surface area (Å²) >= 11 is 5.73. The predicted octanol–water partition coefficient (Wildman–Crippen LogP) is 3.28. The molecule has 0 N–H and O–H groups in total. The highest BCUT2D eigenvalue weighted by Gasteiger charge is 2.06. The Labute approximate surface area is 115 Å². The Kier molecular flexibility index (Phi) is 4.22. The molecular formula is C14H10ClN3O. The number of carbonyl (C=O) groups excluding carboxylic acids is 1. The van der Waals surface area contributed by atoms with Gasteiger partial charge in [0.25, 0.3) is 0 Å².